The molecule has 3 heterocycles. The van der Waals surface area contributed by atoms with Gasteiger partial charge >= 0.3 is 0 Å². The summed E-state index contributed by atoms with van der Waals surface area (Å²) >= 11 is 0. The minimum Gasteiger partial charge on any atom is -0.507 e. The fourth-order valence-electron chi connectivity index (χ4n) is 8.00. The van der Waals surface area contributed by atoms with E-state index < -0.39 is 0 Å². The fourth-order valence-corrected chi connectivity index (χ4v) is 8.00. The lowest BCUT2D eigenvalue weighted by atomic mass is 9.94. The number of aromatic hydroxyl groups is 1. The lowest BCUT2D eigenvalue weighted by molar-refractivity contribution is 0.477. The third-order valence-corrected chi connectivity index (χ3v) is 10.7. The molecule has 58 heavy (non-hydrogen) atoms. The molecule has 5 heteroatoms. The van der Waals surface area contributed by atoms with E-state index in [1.165, 1.54) is 10.8 Å². The van der Waals surface area contributed by atoms with Gasteiger partial charge in [-0.15, -0.1) is 0 Å². The summed E-state index contributed by atoms with van der Waals surface area (Å²) < 4.78 is 2.36. The molecule has 0 bridgehead atoms. The van der Waals surface area contributed by atoms with Crippen molar-refractivity contribution in [1.82, 2.24) is 14.5 Å². The van der Waals surface area contributed by atoms with Gasteiger partial charge in [-0.2, -0.15) is 0 Å². The van der Waals surface area contributed by atoms with Crippen molar-refractivity contribution in [1.29, 1.82) is 0 Å². The summed E-state index contributed by atoms with van der Waals surface area (Å²) in [6.45, 7) is 7.74. The van der Waals surface area contributed by atoms with Crippen molar-refractivity contribution in [3.63, 3.8) is 0 Å². The number of pyridine rings is 2. The van der Waals surface area contributed by atoms with Gasteiger partial charge in [-0.1, -0.05) is 115 Å². The SMILES string of the molecule is [C-]#[N+]c1cccc(-c2cc(-c3cc(-c4cccc5c6ccccc6n(-c6ccccc6)c45)ccn3)cc(-c3cc(-c4ccccc4)cc(-c4ccccc4O)n3)c2)c1. The van der Waals surface area contributed by atoms with Gasteiger partial charge in [0.15, 0.2) is 5.69 Å². The number of nitrogens with zero attached hydrogens (tertiary/aromatic N) is 4. The molecule has 0 radical (unpaired) electrons. The van der Waals surface area contributed by atoms with Crippen LogP contribution < -0.4 is 0 Å². The van der Waals surface area contributed by atoms with E-state index in [0.29, 0.717) is 16.9 Å². The van der Waals surface area contributed by atoms with E-state index in [4.69, 9.17) is 16.5 Å². The summed E-state index contributed by atoms with van der Waals surface area (Å²) in [5.41, 5.74) is 14.6. The average molecular weight is 743 g/mol. The topological polar surface area (TPSA) is 55.3 Å². The molecular weight excluding hydrogens is 709 g/mol. The lowest BCUT2D eigenvalue weighted by Crippen LogP contribution is -1.96. The van der Waals surface area contributed by atoms with Crippen molar-refractivity contribution in [3.8, 4) is 78.6 Å². The number of phenolic OH excluding ortho intramolecular Hbond substituents is 1. The Kier molecular flexibility index (Phi) is 8.63. The highest BCUT2D eigenvalue weighted by atomic mass is 16.3. The van der Waals surface area contributed by atoms with Gasteiger partial charge in [-0.3, -0.25) is 4.98 Å². The van der Waals surface area contributed by atoms with E-state index in [1.54, 1.807) is 6.07 Å². The molecule has 0 aliphatic rings. The Morgan fingerprint density at radius 3 is 1.90 bits per heavy atom. The number of para-hydroxylation sites is 4. The largest absolute Gasteiger partial charge is 0.507 e. The van der Waals surface area contributed by atoms with Crippen molar-refractivity contribution in [3.05, 3.63) is 212 Å². The molecular formula is C53H34N4O. The van der Waals surface area contributed by atoms with E-state index in [2.05, 4.69) is 125 Å². The first-order valence-electron chi connectivity index (χ1n) is 19.1. The summed E-state index contributed by atoms with van der Waals surface area (Å²) in [6, 6.07) is 65.6. The Bertz CT molecular complexity index is 3200. The van der Waals surface area contributed by atoms with Crippen molar-refractivity contribution in [2.45, 2.75) is 0 Å². The Morgan fingerprint density at radius 1 is 0.448 bits per heavy atom. The first-order chi connectivity index (χ1) is 28.6. The van der Waals surface area contributed by atoms with Crippen LogP contribution >= 0.6 is 0 Å². The van der Waals surface area contributed by atoms with Gasteiger partial charge in [0.05, 0.1) is 34.7 Å². The Hall–Kier alpha value is -8.07. The van der Waals surface area contributed by atoms with E-state index in [1.807, 2.05) is 79.0 Å². The van der Waals surface area contributed by atoms with Gasteiger partial charge in [0.25, 0.3) is 0 Å². The van der Waals surface area contributed by atoms with Crippen molar-refractivity contribution >= 4 is 27.5 Å². The summed E-state index contributed by atoms with van der Waals surface area (Å²) in [5.74, 6) is 0.166. The van der Waals surface area contributed by atoms with Crippen LogP contribution in [0.15, 0.2) is 200 Å². The van der Waals surface area contributed by atoms with Crippen LogP contribution in [-0.4, -0.2) is 19.6 Å². The zero-order valence-electron chi connectivity index (χ0n) is 31.3. The minimum atomic E-state index is 0.166. The molecule has 1 N–H and O–H groups in total. The third kappa shape index (κ3) is 6.25. The number of benzene rings is 7. The molecule has 10 rings (SSSR count). The van der Waals surface area contributed by atoms with Gasteiger partial charge in [0.2, 0.25) is 0 Å². The van der Waals surface area contributed by atoms with Crippen LogP contribution in [0.2, 0.25) is 0 Å². The Balaban J connectivity index is 1.19. The second-order valence-corrected chi connectivity index (χ2v) is 14.3. The molecule has 0 aliphatic heterocycles. The zero-order chi connectivity index (χ0) is 39.0. The maximum Gasteiger partial charge on any atom is 0.187 e. The van der Waals surface area contributed by atoms with Gasteiger partial charge in [0, 0.05) is 44.9 Å². The highest BCUT2D eigenvalue weighted by Gasteiger charge is 2.18. The molecule has 0 atom stereocenters. The van der Waals surface area contributed by atoms with Crippen molar-refractivity contribution in [2.24, 2.45) is 0 Å². The van der Waals surface area contributed by atoms with Crippen molar-refractivity contribution < 1.29 is 5.11 Å². The van der Waals surface area contributed by atoms with Crippen LogP contribution in [-0.2, 0) is 0 Å². The fraction of sp³-hybridized carbons (Fsp3) is 0. The van der Waals surface area contributed by atoms with Crippen LogP contribution in [0.1, 0.15) is 0 Å². The molecule has 3 aromatic heterocycles. The monoisotopic (exact) mass is 742 g/mol. The van der Waals surface area contributed by atoms with Crippen LogP contribution in [0.4, 0.5) is 5.69 Å². The molecule has 0 unspecified atom stereocenters. The summed E-state index contributed by atoms with van der Waals surface area (Å²) in [5, 5.41) is 13.3. The molecule has 0 saturated heterocycles. The first kappa shape index (κ1) is 34.4. The molecule has 7 aromatic carbocycles. The van der Waals surface area contributed by atoms with Crippen LogP contribution in [0.25, 0.3) is 99.5 Å². The van der Waals surface area contributed by atoms with E-state index in [9.17, 15) is 5.11 Å². The average Bonchev–Trinajstić information content (AvgIpc) is 3.64. The molecule has 5 nitrogen and oxygen atoms in total. The quantitative estimate of drug-likeness (QED) is 0.165. The number of phenols is 1. The van der Waals surface area contributed by atoms with E-state index in [-0.39, 0.29) is 5.75 Å². The summed E-state index contributed by atoms with van der Waals surface area (Å²) in [4.78, 5) is 13.9. The summed E-state index contributed by atoms with van der Waals surface area (Å²) in [6.07, 6.45) is 1.88. The number of hydrogen-bond donors (Lipinski definition) is 1. The maximum absolute atomic E-state index is 11.0. The van der Waals surface area contributed by atoms with E-state index in [0.717, 1.165) is 72.6 Å². The standard InChI is InChI=1S/C53H34N4O/c1-54-42-17-12-16-36(31-42)38-28-40(30-41(29-38)49-33-39(35-14-4-2-5-15-35)34-50(56-49)47-21-9-11-25-52(47)58)48-32-37(26-27-55-48)44-22-13-23-46-45-20-8-10-24-51(45)57(53(44)46)43-18-6-3-7-19-43/h2-34,58H. The molecule has 0 spiro atoms. The van der Waals surface area contributed by atoms with Gasteiger partial charge in [0.1, 0.15) is 5.75 Å². The maximum atomic E-state index is 11.0. The number of aromatic nitrogens is 3. The Morgan fingerprint density at radius 2 is 1.07 bits per heavy atom. The zero-order valence-corrected chi connectivity index (χ0v) is 31.3. The van der Waals surface area contributed by atoms with Crippen LogP contribution in [0, 0.1) is 6.57 Å². The third-order valence-electron chi connectivity index (χ3n) is 10.7. The van der Waals surface area contributed by atoms with Crippen LogP contribution in [0.3, 0.4) is 0 Å². The normalized spacial score (nSPS) is 11.2. The van der Waals surface area contributed by atoms with Gasteiger partial charge in [-0.25, -0.2) is 9.83 Å². The molecule has 0 aliphatic carbocycles. The molecule has 0 saturated carbocycles. The molecule has 0 fully saturated rings. The lowest BCUT2D eigenvalue weighted by Gasteiger charge is -2.15. The van der Waals surface area contributed by atoms with Gasteiger partial charge in [-0.05, 0) is 107 Å². The van der Waals surface area contributed by atoms with Crippen molar-refractivity contribution in [2.75, 3.05) is 0 Å². The van der Waals surface area contributed by atoms with Gasteiger partial charge < -0.3 is 9.67 Å². The number of hydrogen-bond acceptors (Lipinski definition) is 3. The Labute approximate surface area is 336 Å². The predicted octanol–water partition coefficient (Wildman–Crippen LogP) is 13.8. The second kappa shape index (κ2) is 14.5. The minimum absolute atomic E-state index is 0.166. The highest BCUT2D eigenvalue weighted by Crippen LogP contribution is 2.41. The first-order valence-corrected chi connectivity index (χ1v) is 19.1. The molecule has 272 valence electrons. The second-order valence-electron chi connectivity index (χ2n) is 14.3. The predicted molar refractivity (Wildman–Crippen MR) is 237 cm³/mol. The molecule has 10 aromatic rings. The number of fused-ring (bicyclic) bond motifs is 3. The van der Waals surface area contributed by atoms with E-state index >= 15 is 0 Å². The highest BCUT2D eigenvalue weighted by molar-refractivity contribution is 6.13. The molecule has 0 amide bonds. The smallest absolute Gasteiger partial charge is 0.187 e. The number of rotatable bonds is 7. The summed E-state index contributed by atoms with van der Waals surface area (Å²) in [7, 11) is 0. The van der Waals surface area contributed by atoms with Crippen LogP contribution in [0.5, 0.6) is 5.75 Å².